The Morgan fingerprint density at radius 1 is 1.50 bits per heavy atom. The lowest BCUT2D eigenvalue weighted by Crippen LogP contribution is -2.27. The smallest absolute Gasteiger partial charge is 0.417 e. The van der Waals surface area contributed by atoms with Crippen LogP contribution in [0.1, 0.15) is 5.56 Å². The van der Waals surface area contributed by atoms with Crippen LogP contribution in [0, 0.1) is 5.82 Å². The van der Waals surface area contributed by atoms with Gasteiger partial charge in [0.2, 0.25) is 0 Å². The molecule has 2 rings (SSSR count). The molecule has 5 nitrogen and oxygen atoms in total. The molecule has 8 heteroatoms. The van der Waals surface area contributed by atoms with E-state index in [4.69, 9.17) is 11.6 Å². The monoisotopic (exact) mass is 385 g/mol. The van der Waals surface area contributed by atoms with Crippen LogP contribution < -0.4 is 4.90 Å². The Bertz CT molecular complexity index is 742. The molecular weight excluding hydrogens is 377 g/mol. The standard InChI is InChI=1S/C14H10BrClFN3O2/c1-2-3-9-12(16)18-7-19-13(9)20(14(21)22)11-5-4-8(15)6-10(11)17/h2,4-7H,1,3H2,(H,21,22). The quantitative estimate of drug-likeness (QED) is 0.617. The average molecular weight is 387 g/mol. The minimum Gasteiger partial charge on any atom is -0.464 e. The first-order chi connectivity index (χ1) is 10.5. The number of hydrogen-bond donors (Lipinski definition) is 1. The van der Waals surface area contributed by atoms with Crippen molar-refractivity contribution in [1.29, 1.82) is 0 Å². The summed E-state index contributed by atoms with van der Waals surface area (Å²) < 4.78 is 14.6. The second-order valence-electron chi connectivity index (χ2n) is 4.17. The van der Waals surface area contributed by atoms with Crippen LogP contribution in [-0.4, -0.2) is 21.2 Å². The number of nitrogens with zero attached hydrogens (tertiary/aromatic N) is 3. The summed E-state index contributed by atoms with van der Waals surface area (Å²) in [6.45, 7) is 3.58. The molecule has 1 aromatic heterocycles. The van der Waals surface area contributed by atoms with E-state index in [1.54, 1.807) is 0 Å². The SMILES string of the molecule is C=CCc1c(Cl)ncnc1N(C(=O)O)c1ccc(Br)cc1F. The second-order valence-corrected chi connectivity index (χ2v) is 5.45. The maximum Gasteiger partial charge on any atom is 0.417 e. The van der Waals surface area contributed by atoms with E-state index in [-0.39, 0.29) is 23.1 Å². The predicted molar refractivity (Wildman–Crippen MR) is 85.2 cm³/mol. The lowest BCUT2D eigenvalue weighted by atomic mass is 10.2. The maximum absolute atomic E-state index is 14.1. The molecule has 0 fully saturated rings. The van der Waals surface area contributed by atoms with Crippen molar-refractivity contribution in [3.05, 3.63) is 58.2 Å². The molecule has 0 aliphatic rings. The molecule has 0 saturated carbocycles. The van der Waals surface area contributed by atoms with E-state index in [0.29, 0.717) is 10.0 Å². The summed E-state index contributed by atoms with van der Waals surface area (Å²) in [6, 6.07) is 4.03. The van der Waals surface area contributed by atoms with Crippen molar-refractivity contribution in [3.8, 4) is 0 Å². The Hall–Kier alpha value is -1.99. The third-order valence-corrected chi connectivity index (χ3v) is 3.59. The van der Waals surface area contributed by atoms with Crippen LogP contribution >= 0.6 is 27.5 Å². The fourth-order valence-corrected chi connectivity index (χ4v) is 2.40. The van der Waals surface area contributed by atoms with Crippen molar-refractivity contribution in [2.75, 3.05) is 4.90 Å². The summed E-state index contributed by atoms with van der Waals surface area (Å²) in [5, 5.41) is 9.57. The number of amides is 1. The number of anilines is 2. The molecule has 0 aliphatic carbocycles. The average Bonchev–Trinajstić information content (AvgIpc) is 2.44. The molecular formula is C14H10BrClFN3O2. The minimum atomic E-state index is -1.39. The van der Waals surface area contributed by atoms with Gasteiger partial charge < -0.3 is 5.11 Å². The van der Waals surface area contributed by atoms with Gasteiger partial charge in [-0.25, -0.2) is 24.1 Å². The first kappa shape index (κ1) is 16.4. The first-order valence-corrected chi connectivity index (χ1v) is 7.21. The molecule has 0 atom stereocenters. The van der Waals surface area contributed by atoms with Gasteiger partial charge in [-0.2, -0.15) is 0 Å². The summed E-state index contributed by atoms with van der Waals surface area (Å²) in [5.41, 5.74) is 0.194. The van der Waals surface area contributed by atoms with E-state index in [1.165, 1.54) is 24.3 Å². The van der Waals surface area contributed by atoms with Crippen molar-refractivity contribution in [2.24, 2.45) is 0 Å². The van der Waals surface area contributed by atoms with Crippen LogP contribution in [-0.2, 0) is 6.42 Å². The molecule has 114 valence electrons. The van der Waals surface area contributed by atoms with Crippen LogP contribution in [0.3, 0.4) is 0 Å². The summed E-state index contributed by atoms with van der Waals surface area (Å²) in [4.78, 5) is 20.1. The Kier molecular flexibility index (Phi) is 5.10. The van der Waals surface area contributed by atoms with Crippen molar-refractivity contribution >= 4 is 45.1 Å². The molecule has 0 saturated heterocycles. The number of allylic oxidation sites excluding steroid dienone is 1. The number of halogens is 3. The van der Waals surface area contributed by atoms with E-state index < -0.39 is 11.9 Å². The topological polar surface area (TPSA) is 66.3 Å². The van der Waals surface area contributed by atoms with E-state index in [2.05, 4.69) is 32.5 Å². The van der Waals surface area contributed by atoms with Gasteiger partial charge >= 0.3 is 6.09 Å². The Balaban J connectivity index is 2.65. The zero-order valence-electron chi connectivity index (χ0n) is 11.1. The van der Waals surface area contributed by atoms with Crippen LogP contribution in [0.15, 0.2) is 41.7 Å². The highest BCUT2D eigenvalue weighted by atomic mass is 79.9. The molecule has 0 radical (unpaired) electrons. The normalized spacial score (nSPS) is 10.3. The van der Waals surface area contributed by atoms with Crippen LogP contribution in [0.2, 0.25) is 5.15 Å². The third kappa shape index (κ3) is 3.26. The van der Waals surface area contributed by atoms with E-state index >= 15 is 0 Å². The summed E-state index contributed by atoms with van der Waals surface area (Å²) in [7, 11) is 0. The van der Waals surface area contributed by atoms with Crippen molar-refractivity contribution in [2.45, 2.75) is 6.42 Å². The Labute approximate surface area is 139 Å². The van der Waals surface area contributed by atoms with E-state index in [1.807, 2.05) is 0 Å². The molecule has 0 aliphatic heterocycles. The van der Waals surface area contributed by atoms with E-state index in [9.17, 15) is 14.3 Å². The van der Waals surface area contributed by atoms with Crippen molar-refractivity contribution in [1.82, 2.24) is 9.97 Å². The number of carbonyl (C=O) groups is 1. The molecule has 1 amide bonds. The molecule has 2 aromatic rings. The van der Waals surface area contributed by atoms with Gasteiger partial charge in [-0.3, -0.25) is 0 Å². The molecule has 0 unspecified atom stereocenters. The fraction of sp³-hybridized carbons (Fsp3) is 0.0714. The fourth-order valence-electron chi connectivity index (χ4n) is 1.87. The molecule has 22 heavy (non-hydrogen) atoms. The van der Waals surface area contributed by atoms with Crippen LogP contribution in [0.4, 0.5) is 20.7 Å². The van der Waals surface area contributed by atoms with Crippen LogP contribution in [0.25, 0.3) is 0 Å². The lowest BCUT2D eigenvalue weighted by molar-refractivity contribution is 0.204. The zero-order valence-corrected chi connectivity index (χ0v) is 13.5. The van der Waals surface area contributed by atoms with Crippen LogP contribution in [0.5, 0.6) is 0 Å². The van der Waals surface area contributed by atoms with Gasteiger partial charge in [-0.15, -0.1) is 6.58 Å². The number of carboxylic acid groups (broad SMARTS) is 1. The van der Waals surface area contributed by atoms with E-state index in [0.717, 1.165) is 11.2 Å². The maximum atomic E-state index is 14.1. The zero-order chi connectivity index (χ0) is 16.3. The summed E-state index contributed by atoms with van der Waals surface area (Å²) >= 11 is 9.11. The number of aromatic nitrogens is 2. The second kappa shape index (κ2) is 6.85. The van der Waals surface area contributed by atoms with Crippen molar-refractivity contribution < 1.29 is 14.3 Å². The first-order valence-electron chi connectivity index (χ1n) is 6.04. The molecule has 1 aromatic carbocycles. The third-order valence-electron chi connectivity index (χ3n) is 2.77. The van der Waals surface area contributed by atoms with Gasteiger partial charge in [-0.05, 0) is 24.6 Å². The number of hydrogen-bond acceptors (Lipinski definition) is 3. The Morgan fingerprint density at radius 2 is 2.23 bits per heavy atom. The summed E-state index contributed by atoms with van der Waals surface area (Å²) in [5.74, 6) is -0.718. The predicted octanol–water partition coefficient (Wildman–Crippen LogP) is 4.58. The Morgan fingerprint density at radius 3 is 2.82 bits per heavy atom. The largest absolute Gasteiger partial charge is 0.464 e. The number of rotatable bonds is 4. The minimum absolute atomic E-state index is 0.00591. The van der Waals surface area contributed by atoms with Crippen molar-refractivity contribution in [3.63, 3.8) is 0 Å². The number of benzene rings is 1. The van der Waals surface area contributed by atoms with Gasteiger partial charge in [0.15, 0.2) is 5.82 Å². The van der Waals surface area contributed by atoms with Gasteiger partial charge in [0.1, 0.15) is 17.3 Å². The lowest BCUT2D eigenvalue weighted by Gasteiger charge is -2.21. The van der Waals surface area contributed by atoms with Gasteiger partial charge in [0.25, 0.3) is 0 Å². The van der Waals surface area contributed by atoms with Gasteiger partial charge in [0.05, 0.1) is 5.69 Å². The van der Waals surface area contributed by atoms with Gasteiger partial charge in [-0.1, -0.05) is 33.6 Å². The van der Waals surface area contributed by atoms with Gasteiger partial charge in [0, 0.05) is 10.0 Å². The highest BCUT2D eigenvalue weighted by Crippen LogP contribution is 2.33. The molecule has 1 N–H and O–H groups in total. The highest BCUT2D eigenvalue weighted by molar-refractivity contribution is 9.10. The molecule has 0 bridgehead atoms. The highest BCUT2D eigenvalue weighted by Gasteiger charge is 2.25. The molecule has 1 heterocycles. The summed E-state index contributed by atoms with van der Waals surface area (Å²) in [6.07, 6.45) is 1.52. The molecule has 0 spiro atoms.